The van der Waals surface area contributed by atoms with Crippen molar-refractivity contribution in [1.29, 1.82) is 5.26 Å². The third kappa shape index (κ3) is 2.17. The van der Waals surface area contributed by atoms with Crippen molar-refractivity contribution in [3.05, 3.63) is 0 Å². The fourth-order valence-electron chi connectivity index (χ4n) is 0.419. The molecule has 0 heterocycles. The van der Waals surface area contributed by atoms with Crippen LogP contribution < -0.4 is 0 Å². The van der Waals surface area contributed by atoms with Crippen LogP contribution in [0.5, 0.6) is 0 Å². The molecule has 0 saturated heterocycles. The van der Waals surface area contributed by atoms with E-state index in [-0.39, 0.29) is 6.07 Å². The SMILES string of the molecule is FC1(F)C(F)(F)C1(F)F.N#CC(F)(F)C(F)(F)F. The summed E-state index contributed by atoms with van der Waals surface area (Å²) in [5.41, 5.74) is 0. The van der Waals surface area contributed by atoms with Gasteiger partial charge in [0.2, 0.25) is 0 Å². The van der Waals surface area contributed by atoms with Crippen LogP contribution >= 0.6 is 0 Å². The lowest BCUT2D eigenvalue weighted by Gasteiger charge is -2.09. The Hall–Kier alpha value is -1.28. The highest BCUT2D eigenvalue weighted by molar-refractivity contribution is 5.22. The third-order valence-electron chi connectivity index (χ3n) is 1.62. The average Bonchev–Trinajstić information content (AvgIpc) is 2.42. The Balaban J connectivity index is 0.000000321. The van der Waals surface area contributed by atoms with Crippen LogP contribution in [-0.2, 0) is 0 Å². The summed E-state index contributed by atoms with van der Waals surface area (Å²) in [6, 6.07) is -0.177. The Bertz CT molecular complexity index is 318. The second-order valence-electron chi connectivity index (χ2n) is 2.91. The molecule has 1 fully saturated rings. The lowest BCUT2D eigenvalue weighted by atomic mass is 10.4. The van der Waals surface area contributed by atoms with Crippen LogP contribution in [0.2, 0.25) is 0 Å². The molecule has 0 spiro atoms. The molecule has 0 aromatic heterocycles. The fraction of sp³-hybridized carbons (Fsp3) is 0.833. The van der Waals surface area contributed by atoms with E-state index in [1.165, 1.54) is 0 Å². The van der Waals surface area contributed by atoms with E-state index in [1.54, 1.807) is 0 Å². The van der Waals surface area contributed by atoms with E-state index in [4.69, 9.17) is 5.26 Å². The summed E-state index contributed by atoms with van der Waals surface area (Å²) in [5.74, 6) is -20.6. The van der Waals surface area contributed by atoms with Gasteiger partial charge < -0.3 is 0 Å². The molecule has 0 amide bonds. The molecule has 1 nitrogen and oxygen atoms in total. The van der Waals surface area contributed by atoms with Crippen LogP contribution in [0.1, 0.15) is 0 Å². The summed E-state index contributed by atoms with van der Waals surface area (Å²) < 4.78 is 122. The molecule has 0 aromatic rings. The quantitative estimate of drug-likeness (QED) is 0.626. The van der Waals surface area contributed by atoms with Gasteiger partial charge in [0, 0.05) is 0 Å². The second kappa shape index (κ2) is 3.86. The van der Waals surface area contributed by atoms with Gasteiger partial charge in [-0.3, -0.25) is 0 Å². The first-order chi connectivity index (χ1) is 7.56. The topological polar surface area (TPSA) is 23.8 Å². The first-order valence-electron chi connectivity index (χ1n) is 3.55. The second-order valence-corrected chi connectivity index (χ2v) is 2.91. The Kier molecular flexibility index (Phi) is 3.58. The van der Waals surface area contributed by atoms with Gasteiger partial charge in [0.15, 0.2) is 0 Å². The Morgan fingerprint density at radius 2 is 0.889 bits per heavy atom. The molecule has 106 valence electrons. The van der Waals surface area contributed by atoms with Crippen LogP contribution in [0.15, 0.2) is 0 Å². The van der Waals surface area contributed by atoms with Gasteiger partial charge in [0.25, 0.3) is 0 Å². The van der Waals surface area contributed by atoms with Crippen molar-refractivity contribution in [1.82, 2.24) is 0 Å². The maximum Gasteiger partial charge on any atom is 0.468 e. The predicted molar refractivity (Wildman–Crippen MR) is 31.5 cm³/mol. The molecule has 1 aliphatic rings. The van der Waals surface area contributed by atoms with Gasteiger partial charge in [-0.05, 0) is 0 Å². The molecular weight excluding hydrogens is 295 g/mol. The number of rotatable bonds is 0. The van der Waals surface area contributed by atoms with Gasteiger partial charge >= 0.3 is 29.9 Å². The van der Waals surface area contributed by atoms with E-state index in [1.807, 2.05) is 0 Å². The number of hydrogen-bond acceptors (Lipinski definition) is 1. The monoisotopic (exact) mass is 295 g/mol. The van der Waals surface area contributed by atoms with Crippen LogP contribution in [0.4, 0.5) is 48.3 Å². The molecular formula is C6F11N. The fourth-order valence-corrected chi connectivity index (χ4v) is 0.419. The number of nitriles is 1. The largest absolute Gasteiger partial charge is 0.468 e. The standard InChI is InChI=1S/C3F6.C3F5N/c4-1(5)2(6,7)3(1,8)9;4-2(5,1-9)3(6,7)8. The highest BCUT2D eigenvalue weighted by Gasteiger charge is 3.01. The zero-order chi connectivity index (χ0) is 15.2. The van der Waals surface area contributed by atoms with Crippen molar-refractivity contribution < 1.29 is 48.3 Å². The lowest BCUT2D eigenvalue weighted by Crippen LogP contribution is -2.34. The molecule has 0 aliphatic heterocycles. The molecule has 0 aromatic carbocycles. The maximum atomic E-state index is 11.2. The van der Waals surface area contributed by atoms with E-state index >= 15 is 0 Å². The summed E-state index contributed by atoms with van der Waals surface area (Å²) in [7, 11) is 0. The Labute approximate surface area is 90.8 Å². The van der Waals surface area contributed by atoms with Crippen molar-refractivity contribution in [2.75, 3.05) is 0 Å². The normalized spacial score (nSPS) is 23.4. The maximum absolute atomic E-state index is 11.2. The number of hydrogen-bond donors (Lipinski definition) is 0. The number of nitrogens with zero attached hydrogens (tertiary/aromatic N) is 1. The Morgan fingerprint density at radius 3 is 0.889 bits per heavy atom. The van der Waals surface area contributed by atoms with Crippen LogP contribution in [0, 0.1) is 11.3 Å². The van der Waals surface area contributed by atoms with Crippen molar-refractivity contribution in [3.63, 3.8) is 0 Å². The van der Waals surface area contributed by atoms with Crippen LogP contribution in [0.25, 0.3) is 0 Å². The molecule has 12 heteroatoms. The molecule has 0 N–H and O–H groups in total. The van der Waals surface area contributed by atoms with Crippen LogP contribution in [0.3, 0.4) is 0 Å². The third-order valence-corrected chi connectivity index (χ3v) is 1.62. The van der Waals surface area contributed by atoms with Gasteiger partial charge in [0.1, 0.15) is 6.07 Å². The summed E-state index contributed by atoms with van der Waals surface area (Å²) in [5, 5.41) is 7.21. The molecule has 1 saturated carbocycles. The molecule has 18 heavy (non-hydrogen) atoms. The van der Waals surface area contributed by atoms with Gasteiger partial charge in [-0.1, -0.05) is 0 Å². The van der Waals surface area contributed by atoms with E-state index < -0.39 is 29.9 Å². The number of alkyl halides is 11. The molecule has 0 radical (unpaired) electrons. The zero-order valence-corrected chi connectivity index (χ0v) is 7.60. The molecule has 1 rings (SSSR count). The summed E-state index contributed by atoms with van der Waals surface area (Å²) >= 11 is 0. The first-order valence-corrected chi connectivity index (χ1v) is 3.55. The molecule has 0 atom stereocenters. The lowest BCUT2D eigenvalue weighted by molar-refractivity contribution is -0.255. The molecule has 0 bridgehead atoms. The predicted octanol–water partition coefficient (Wildman–Crippen LogP) is 3.61. The van der Waals surface area contributed by atoms with Gasteiger partial charge in [-0.25, -0.2) is 0 Å². The highest BCUT2D eigenvalue weighted by atomic mass is 19.4. The smallest absolute Gasteiger partial charge is 0.192 e. The van der Waals surface area contributed by atoms with Crippen molar-refractivity contribution in [2.45, 2.75) is 29.9 Å². The van der Waals surface area contributed by atoms with Gasteiger partial charge in [-0.2, -0.15) is 53.6 Å². The van der Waals surface area contributed by atoms with E-state index in [2.05, 4.69) is 0 Å². The Morgan fingerprint density at radius 1 is 0.667 bits per heavy atom. The van der Waals surface area contributed by atoms with E-state index in [0.29, 0.717) is 0 Å². The van der Waals surface area contributed by atoms with Gasteiger partial charge in [-0.15, -0.1) is 0 Å². The van der Waals surface area contributed by atoms with Crippen molar-refractivity contribution in [2.24, 2.45) is 0 Å². The van der Waals surface area contributed by atoms with Crippen molar-refractivity contribution in [3.8, 4) is 6.07 Å². The average molecular weight is 295 g/mol. The van der Waals surface area contributed by atoms with E-state index in [0.717, 1.165) is 0 Å². The zero-order valence-electron chi connectivity index (χ0n) is 7.60. The number of halogens is 11. The van der Waals surface area contributed by atoms with Gasteiger partial charge in [0.05, 0.1) is 0 Å². The molecule has 0 unspecified atom stereocenters. The summed E-state index contributed by atoms with van der Waals surface area (Å²) in [6.07, 6.45) is -5.75. The van der Waals surface area contributed by atoms with E-state index in [9.17, 15) is 48.3 Å². The summed E-state index contributed by atoms with van der Waals surface area (Å²) in [4.78, 5) is 0. The van der Waals surface area contributed by atoms with Crippen LogP contribution in [-0.4, -0.2) is 29.9 Å². The minimum absolute atomic E-state index is 0.177. The minimum atomic E-state index is -5.75. The first kappa shape index (κ1) is 16.7. The highest BCUT2D eigenvalue weighted by Crippen LogP contribution is 2.68. The molecule has 1 aliphatic carbocycles. The van der Waals surface area contributed by atoms with Crippen molar-refractivity contribution >= 4 is 0 Å². The summed E-state index contributed by atoms with van der Waals surface area (Å²) in [6.45, 7) is 0. The minimum Gasteiger partial charge on any atom is -0.192 e.